The van der Waals surface area contributed by atoms with Gasteiger partial charge < -0.3 is 0 Å². The van der Waals surface area contributed by atoms with Crippen molar-refractivity contribution < 1.29 is 0 Å². The van der Waals surface area contributed by atoms with E-state index in [1.165, 1.54) is 51.4 Å². The van der Waals surface area contributed by atoms with Gasteiger partial charge in [0.25, 0.3) is 0 Å². The van der Waals surface area contributed by atoms with Gasteiger partial charge in [0.1, 0.15) is 0 Å². The van der Waals surface area contributed by atoms with E-state index in [2.05, 4.69) is 30.4 Å². The topological polar surface area (TPSA) is 0 Å². The summed E-state index contributed by atoms with van der Waals surface area (Å²) in [6.45, 7) is 0. The Bertz CT molecular complexity index is 268. The second-order valence-electron chi connectivity index (χ2n) is 4.75. The van der Waals surface area contributed by atoms with E-state index < -0.39 is 0 Å². The third-order valence-electron chi connectivity index (χ3n) is 3.53. The van der Waals surface area contributed by atoms with E-state index in [1.54, 1.807) is 5.57 Å². The van der Waals surface area contributed by atoms with Crippen molar-refractivity contribution in [2.75, 3.05) is 0 Å². The third-order valence-corrected chi connectivity index (χ3v) is 3.53. The van der Waals surface area contributed by atoms with Crippen molar-refractivity contribution in [2.24, 2.45) is 5.92 Å². The first kappa shape index (κ1) is 10.7. The van der Waals surface area contributed by atoms with E-state index in [4.69, 9.17) is 0 Å². The van der Waals surface area contributed by atoms with Gasteiger partial charge in [-0.05, 0) is 31.6 Å². The molecule has 0 spiro atoms. The molecule has 0 radical (unpaired) electrons. The molecule has 2 aliphatic carbocycles. The normalized spacial score (nSPS) is 29.9. The smallest absolute Gasteiger partial charge is 0.00171 e. The minimum Gasteiger partial charge on any atom is -0.0879 e. The Morgan fingerprint density at radius 3 is 2.67 bits per heavy atom. The Morgan fingerprint density at radius 1 is 0.933 bits per heavy atom. The number of rotatable bonds is 1. The number of hydrogen-bond acceptors (Lipinski definition) is 0. The molecule has 0 bridgehead atoms. The molecule has 0 saturated carbocycles. The van der Waals surface area contributed by atoms with Gasteiger partial charge >= 0.3 is 0 Å². The molecule has 82 valence electrons. The fraction of sp³-hybridized carbons (Fsp3) is 0.600. The van der Waals surface area contributed by atoms with Crippen molar-refractivity contribution >= 4 is 0 Å². The van der Waals surface area contributed by atoms with Crippen LogP contribution in [0.3, 0.4) is 0 Å². The molecule has 0 aromatic carbocycles. The summed E-state index contributed by atoms with van der Waals surface area (Å²) in [4.78, 5) is 0. The van der Waals surface area contributed by atoms with E-state index in [-0.39, 0.29) is 0 Å². The zero-order valence-corrected chi connectivity index (χ0v) is 9.62. The zero-order valence-electron chi connectivity index (χ0n) is 9.62. The van der Waals surface area contributed by atoms with Gasteiger partial charge in [-0.2, -0.15) is 0 Å². The molecular weight excluding hydrogens is 180 g/mol. The van der Waals surface area contributed by atoms with Crippen molar-refractivity contribution in [3.05, 3.63) is 36.0 Å². The Balaban J connectivity index is 1.94. The highest BCUT2D eigenvalue weighted by molar-refractivity contribution is 5.27. The third kappa shape index (κ3) is 3.37. The molecule has 0 heterocycles. The summed E-state index contributed by atoms with van der Waals surface area (Å²) < 4.78 is 0. The highest BCUT2D eigenvalue weighted by Crippen LogP contribution is 2.27. The van der Waals surface area contributed by atoms with Crippen LogP contribution < -0.4 is 0 Å². The summed E-state index contributed by atoms with van der Waals surface area (Å²) in [5.41, 5.74) is 1.63. The maximum atomic E-state index is 2.46. The molecule has 0 saturated heterocycles. The van der Waals surface area contributed by atoms with Crippen LogP contribution in [0.5, 0.6) is 0 Å². The monoisotopic (exact) mass is 202 g/mol. The van der Waals surface area contributed by atoms with Gasteiger partial charge in [-0.25, -0.2) is 0 Å². The molecule has 0 heteroatoms. The van der Waals surface area contributed by atoms with Crippen LogP contribution in [0, 0.1) is 5.92 Å². The minimum atomic E-state index is 0.734. The quantitative estimate of drug-likeness (QED) is 0.536. The molecule has 2 rings (SSSR count). The lowest BCUT2D eigenvalue weighted by atomic mass is 9.90. The van der Waals surface area contributed by atoms with Crippen LogP contribution >= 0.6 is 0 Å². The molecule has 2 aliphatic rings. The van der Waals surface area contributed by atoms with Crippen LogP contribution in [-0.2, 0) is 0 Å². The van der Waals surface area contributed by atoms with Crippen LogP contribution in [0.25, 0.3) is 0 Å². The molecule has 0 amide bonds. The Kier molecular flexibility index (Phi) is 4.25. The van der Waals surface area contributed by atoms with E-state index in [9.17, 15) is 0 Å². The average Bonchev–Trinajstić information content (AvgIpc) is 2.79. The first-order valence-electron chi connectivity index (χ1n) is 6.49. The molecule has 0 fully saturated rings. The summed E-state index contributed by atoms with van der Waals surface area (Å²) in [5, 5.41) is 0. The van der Waals surface area contributed by atoms with Gasteiger partial charge in [-0.3, -0.25) is 0 Å². The summed E-state index contributed by atoms with van der Waals surface area (Å²) in [6, 6.07) is 0. The second kappa shape index (κ2) is 5.95. The molecule has 0 aromatic heterocycles. The van der Waals surface area contributed by atoms with Crippen LogP contribution in [-0.4, -0.2) is 0 Å². The predicted octanol–water partition coefficient (Wildman–Crippen LogP) is 4.79. The molecule has 15 heavy (non-hydrogen) atoms. The van der Waals surface area contributed by atoms with Gasteiger partial charge in [0.05, 0.1) is 0 Å². The average molecular weight is 202 g/mol. The lowest BCUT2D eigenvalue weighted by molar-refractivity contribution is 0.545. The maximum absolute atomic E-state index is 2.46. The van der Waals surface area contributed by atoms with Crippen molar-refractivity contribution in [3.63, 3.8) is 0 Å². The van der Waals surface area contributed by atoms with Crippen LogP contribution in [0.2, 0.25) is 0 Å². The van der Waals surface area contributed by atoms with Crippen molar-refractivity contribution in [1.82, 2.24) is 0 Å². The SMILES string of the molecule is C1=CCC(C2/C=C\CCCCCCC2)=C1. The fourth-order valence-corrected chi connectivity index (χ4v) is 2.56. The molecule has 0 aliphatic heterocycles. The first-order valence-corrected chi connectivity index (χ1v) is 6.49. The van der Waals surface area contributed by atoms with Gasteiger partial charge in [-0.15, -0.1) is 0 Å². The predicted molar refractivity (Wildman–Crippen MR) is 66.8 cm³/mol. The van der Waals surface area contributed by atoms with Crippen molar-refractivity contribution in [1.29, 1.82) is 0 Å². The summed E-state index contributed by atoms with van der Waals surface area (Å²) in [7, 11) is 0. The Labute approximate surface area is 93.8 Å². The van der Waals surface area contributed by atoms with Crippen LogP contribution in [0.1, 0.15) is 51.4 Å². The largest absolute Gasteiger partial charge is 0.0879 e. The molecule has 0 nitrogen and oxygen atoms in total. The van der Waals surface area contributed by atoms with E-state index >= 15 is 0 Å². The highest BCUT2D eigenvalue weighted by Gasteiger charge is 2.11. The van der Waals surface area contributed by atoms with E-state index in [0.717, 1.165) is 5.92 Å². The summed E-state index contributed by atoms with van der Waals surface area (Å²) >= 11 is 0. The molecule has 0 N–H and O–H groups in total. The minimum absolute atomic E-state index is 0.734. The highest BCUT2D eigenvalue weighted by atomic mass is 14.2. The van der Waals surface area contributed by atoms with Crippen LogP contribution in [0.4, 0.5) is 0 Å². The lowest BCUT2D eigenvalue weighted by Crippen LogP contribution is -2.00. The molecule has 1 unspecified atom stereocenters. The Morgan fingerprint density at radius 2 is 1.80 bits per heavy atom. The van der Waals surface area contributed by atoms with Gasteiger partial charge in [0.15, 0.2) is 0 Å². The van der Waals surface area contributed by atoms with E-state index in [0.29, 0.717) is 0 Å². The molecule has 1 atom stereocenters. The number of hydrogen-bond donors (Lipinski definition) is 0. The van der Waals surface area contributed by atoms with Crippen LogP contribution in [0.15, 0.2) is 36.0 Å². The maximum Gasteiger partial charge on any atom is -0.00171 e. The summed E-state index contributed by atoms with van der Waals surface area (Å²) in [5.74, 6) is 0.734. The standard InChI is InChI=1S/C15H22/c1-2-4-6-10-14(11-7-5-3-1)15-12-8-9-13-15/h6,8-10,12,14H,1-5,7,11,13H2/b10-6-. The van der Waals surface area contributed by atoms with E-state index in [1.807, 2.05) is 0 Å². The second-order valence-corrected chi connectivity index (χ2v) is 4.75. The molecular formula is C15H22. The summed E-state index contributed by atoms with van der Waals surface area (Å²) in [6.07, 6.45) is 22.6. The van der Waals surface area contributed by atoms with Gasteiger partial charge in [0, 0.05) is 0 Å². The fourth-order valence-electron chi connectivity index (χ4n) is 2.56. The van der Waals surface area contributed by atoms with Gasteiger partial charge in [0.2, 0.25) is 0 Å². The van der Waals surface area contributed by atoms with Gasteiger partial charge in [-0.1, -0.05) is 61.6 Å². The van der Waals surface area contributed by atoms with Crippen molar-refractivity contribution in [2.45, 2.75) is 51.4 Å². The number of allylic oxidation sites excluding steroid dienone is 6. The first-order chi connectivity index (χ1) is 7.47. The lowest BCUT2D eigenvalue weighted by Gasteiger charge is -2.15. The zero-order chi connectivity index (χ0) is 10.3. The molecule has 0 aromatic rings. The van der Waals surface area contributed by atoms with Crippen molar-refractivity contribution in [3.8, 4) is 0 Å². The Hall–Kier alpha value is -0.780.